The molecular formula is C6H16NO6P. The van der Waals surface area contributed by atoms with E-state index in [4.69, 9.17) is 20.0 Å². The second-order valence-electron chi connectivity index (χ2n) is 2.79. The van der Waals surface area contributed by atoms with E-state index < -0.39 is 20.2 Å². The zero-order valence-corrected chi connectivity index (χ0v) is 8.72. The molecule has 5 N–H and O–H groups in total. The van der Waals surface area contributed by atoms with Gasteiger partial charge >= 0.3 is 7.82 Å². The molecule has 0 bridgehead atoms. The molecule has 0 saturated carbocycles. The van der Waals surface area contributed by atoms with Crippen LogP contribution in [0, 0.1) is 0 Å². The van der Waals surface area contributed by atoms with Gasteiger partial charge in [-0.3, -0.25) is 9.84 Å². The minimum atomic E-state index is -4.61. The van der Waals surface area contributed by atoms with Crippen LogP contribution in [-0.4, -0.2) is 45.5 Å². The van der Waals surface area contributed by atoms with E-state index in [0.29, 0.717) is 13.0 Å². The van der Waals surface area contributed by atoms with E-state index in [0.717, 1.165) is 0 Å². The Morgan fingerprint density at radius 1 is 1.50 bits per heavy atom. The highest BCUT2D eigenvalue weighted by molar-refractivity contribution is 7.46. The van der Waals surface area contributed by atoms with Crippen molar-refractivity contribution in [2.75, 3.05) is 13.2 Å². The summed E-state index contributed by atoms with van der Waals surface area (Å²) in [5.41, 5.74) is 0. The van der Waals surface area contributed by atoms with Gasteiger partial charge in [-0.25, -0.2) is 4.57 Å². The lowest BCUT2D eigenvalue weighted by molar-refractivity contribution is 0.00708. The minimum Gasteiger partial charge on any atom is -0.396 e. The van der Waals surface area contributed by atoms with Crippen LogP contribution in [0.25, 0.3) is 0 Å². The SMILES string of the molecule is CC(O)C(NCCCO)OP(=O)(O)O. The number of aliphatic hydroxyl groups excluding tert-OH is 2. The van der Waals surface area contributed by atoms with Gasteiger partial charge in [-0.1, -0.05) is 0 Å². The van der Waals surface area contributed by atoms with Gasteiger partial charge in [0, 0.05) is 6.61 Å². The summed E-state index contributed by atoms with van der Waals surface area (Å²) in [5, 5.41) is 20.1. The fraction of sp³-hybridized carbons (Fsp3) is 1.00. The maximum atomic E-state index is 10.5. The highest BCUT2D eigenvalue weighted by atomic mass is 31.2. The third-order valence-corrected chi connectivity index (χ3v) is 1.87. The Labute approximate surface area is 82.0 Å². The van der Waals surface area contributed by atoms with Crippen LogP contribution in [0.2, 0.25) is 0 Å². The standard InChI is InChI=1S/C6H16NO6P/c1-5(9)6(7-3-2-4-8)13-14(10,11)12/h5-9H,2-4H2,1H3,(H2,10,11,12). The molecule has 0 amide bonds. The summed E-state index contributed by atoms with van der Waals surface area (Å²) in [6.45, 7) is 1.59. The van der Waals surface area contributed by atoms with E-state index in [1.807, 2.05) is 0 Å². The lowest BCUT2D eigenvalue weighted by atomic mass is 10.3. The van der Waals surface area contributed by atoms with Crippen molar-refractivity contribution in [3.63, 3.8) is 0 Å². The Morgan fingerprint density at radius 2 is 2.07 bits per heavy atom. The number of hydrogen-bond acceptors (Lipinski definition) is 5. The molecule has 0 spiro atoms. The summed E-state index contributed by atoms with van der Waals surface area (Å²) in [7, 11) is -4.61. The van der Waals surface area contributed by atoms with Crippen LogP contribution in [0.1, 0.15) is 13.3 Å². The first-order valence-electron chi connectivity index (χ1n) is 4.13. The number of phosphoric ester groups is 1. The fourth-order valence-electron chi connectivity index (χ4n) is 0.767. The summed E-state index contributed by atoms with van der Waals surface area (Å²) in [6.07, 6.45) is -1.78. The molecule has 0 aliphatic carbocycles. The summed E-state index contributed by atoms with van der Waals surface area (Å²) >= 11 is 0. The van der Waals surface area contributed by atoms with E-state index in [1.165, 1.54) is 6.92 Å². The molecule has 0 aromatic carbocycles. The second-order valence-corrected chi connectivity index (χ2v) is 3.98. The molecule has 0 rings (SSSR count). The fourth-order valence-corrected chi connectivity index (χ4v) is 1.31. The lowest BCUT2D eigenvalue weighted by Gasteiger charge is -2.21. The lowest BCUT2D eigenvalue weighted by Crippen LogP contribution is -2.40. The molecule has 0 aromatic rings. The minimum absolute atomic E-state index is 0.0462. The van der Waals surface area contributed by atoms with Gasteiger partial charge in [0.05, 0.1) is 6.10 Å². The monoisotopic (exact) mass is 229 g/mol. The molecule has 0 saturated heterocycles. The molecule has 0 fully saturated rings. The van der Waals surface area contributed by atoms with E-state index in [2.05, 4.69) is 9.84 Å². The normalized spacial score (nSPS) is 16.6. The van der Waals surface area contributed by atoms with E-state index in [-0.39, 0.29) is 6.61 Å². The maximum Gasteiger partial charge on any atom is 0.471 e. The predicted octanol–water partition coefficient (Wildman–Crippen LogP) is -1.23. The molecule has 14 heavy (non-hydrogen) atoms. The number of rotatable bonds is 7. The smallest absolute Gasteiger partial charge is 0.396 e. The molecule has 0 aliphatic rings. The molecule has 0 heterocycles. The van der Waals surface area contributed by atoms with Crippen molar-refractivity contribution >= 4 is 7.82 Å². The average Bonchev–Trinajstić information content (AvgIpc) is 2.00. The first-order valence-corrected chi connectivity index (χ1v) is 5.66. The quantitative estimate of drug-likeness (QED) is 0.211. The van der Waals surface area contributed by atoms with Crippen molar-refractivity contribution in [2.45, 2.75) is 25.7 Å². The van der Waals surface area contributed by atoms with Gasteiger partial charge in [0.15, 0.2) is 0 Å². The number of aliphatic hydroxyl groups is 2. The van der Waals surface area contributed by atoms with Crippen LogP contribution in [0.5, 0.6) is 0 Å². The molecule has 2 unspecified atom stereocenters. The van der Waals surface area contributed by atoms with Crippen LogP contribution in [-0.2, 0) is 9.09 Å². The zero-order chi connectivity index (χ0) is 11.2. The molecule has 0 aromatic heterocycles. The van der Waals surface area contributed by atoms with Crippen LogP contribution >= 0.6 is 7.82 Å². The van der Waals surface area contributed by atoms with Crippen molar-refractivity contribution in [3.05, 3.63) is 0 Å². The molecule has 0 radical (unpaired) electrons. The number of phosphoric acid groups is 1. The summed E-state index contributed by atoms with van der Waals surface area (Å²) < 4.78 is 14.7. The van der Waals surface area contributed by atoms with Crippen molar-refractivity contribution in [1.29, 1.82) is 0 Å². The van der Waals surface area contributed by atoms with Gasteiger partial charge in [-0.2, -0.15) is 0 Å². The Kier molecular flexibility index (Phi) is 6.46. The molecule has 2 atom stereocenters. The van der Waals surface area contributed by atoms with Gasteiger partial charge < -0.3 is 20.0 Å². The van der Waals surface area contributed by atoms with Gasteiger partial charge in [0.25, 0.3) is 0 Å². The van der Waals surface area contributed by atoms with Crippen molar-refractivity contribution in [2.24, 2.45) is 0 Å². The Hall–Kier alpha value is -0.0100. The molecular weight excluding hydrogens is 213 g/mol. The van der Waals surface area contributed by atoms with Crippen molar-refractivity contribution in [1.82, 2.24) is 5.32 Å². The highest BCUT2D eigenvalue weighted by Crippen LogP contribution is 2.37. The molecule has 8 heteroatoms. The number of hydrogen-bond donors (Lipinski definition) is 5. The van der Waals surface area contributed by atoms with Gasteiger partial charge in [-0.05, 0) is 19.9 Å². The average molecular weight is 229 g/mol. The van der Waals surface area contributed by atoms with E-state index >= 15 is 0 Å². The van der Waals surface area contributed by atoms with Crippen LogP contribution in [0.15, 0.2) is 0 Å². The summed E-state index contributed by atoms with van der Waals surface area (Å²) in [5.74, 6) is 0. The first kappa shape index (κ1) is 14.0. The Bertz CT molecular complexity index is 193. The Morgan fingerprint density at radius 3 is 2.43 bits per heavy atom. The largest absolute Gasteiger partial charge is 0.471 e. The topological polar surface area (TPSA) is 119 Å². The second kappa shape index (κ2) is 6.47. The summed E-state index contributed by atoms with van der Waals surface area (Å²) in [4.78, 5) is 17.0. The third kappa shape index (κ3) is 7.40. The molecule has 7 nitrogen and oxygen atoms in total. The van der Waals surface area contributed by atoms with Gasteiger partial charge in [-0.15, -0.1) is 0 Å². The third-order valence-electron chi connectivity index (χ3n) is 1.37. The molecule has 86 valence electrons. The van der Waals surface area contributed by atoms with E-state index in [9.17, 15) is 4.57 Å². The first-order chi connectivity index (χ1) is 6.37. The zero-order valence-electron chi connectivity index (χ0n) is 7.83. The van der Waals surface area contributed by atoms with E-state index in [1.54, 1.807) is 0 Å². The van der Waals surface area contributed by atoms with Crippen LogP contribution < -0.4 is 5.32 Å². The molecule has 0 aliphatic heterocycles. The Balaban J connectivity index is 3.97. The van der Waals surface area contributed by atoms with Gasteiger partial charge in [0.2, 0.25) is 0 Å². The van der Waals surface area contributed by atoms with Crippen molar-refractivity contribution in [3.8, 4) is 0 Å². The highest BCUT2D eigenvalue weighted by Gasteiger charge is 2.25. The van der Waals surface area contributed by atoms with Crippen molar-refractivity contribution < 1.29 is 29.1 Å². The predicted molar refractivity (Wildman–Crippen MR) is 48.3 cm³/mol. The van der Waals surface area contributed by atoms with Crippen LogP contribution in [0.4, 0.5) is 0 Å². The van der Waals surface area contributed by atoms with Gasteiger partial charge in [0.1, 0.15) is 6.23 Å². The van der Waals surface area contributed by atoms with Crippen LogP contribution in [0.3, 0.4) is 0 Å². The number of nitrogens with one attached hydrogen (secondary N) is 1. The maximum absolute atomic E-state index is 10.5. The summed E-state index contributed by atoms with van der Waals surface area (Å²) in [6, 6.07) is 0.